The molecular formula is C24H38O7. The van der Waals surface area contributed by atoms with Crippen molar-refractivity contribution in [3.8, 4) is 0 Å². The Morgan fingerprint density at radius 1 is 1.35 bits per heavy atom. The molecule has 0 saturated heterocycles. The zero-order valence-corrected chi connectivity index (χ0v) is 18.7. The normalized spacial score (nSPS) is 22.7. The minimum Gasteiger partial charge on any atom is -0.481 e. The van der Waals surface area contributed by atoms with Crippen LogP contribution in [0.15, 0.2) is 49.1 Å². The molecule has 0 radical (unpaired) electrons. The summed E-state index contributed by atoms with van der Waals surface area (Å²) in [5.74, 6) is -0.538. The number of rotatable bonds is 16. The van der Waals surface area contributed by atoms with Gasteiger partial charge in [0.2, 0.25) is 0 Å². The summed E-state index contributed by atoms with van der Waals surface area (Å²) in [6.07, 6.45) is 9.56. The summed E-state index contributed by atoms with van der Waals surface area (Å²) in [7, 11) is 1.55. The number of aliphatic hydroxyl groups is 2. The van der Waals surface area contributed by atoms with Crippen LogP contribution in [0.4, 0.5) is 0 Å². The van der Waals surface area contributed by atoms with Crippen LogP contribution in [0, 0.1) is 5.92 Å². The van der Waals surface area contributed by atoms with E-state index in [4.69, 9.17) is 19.3 Å². The second-order valence-electron chi connectivity index (χ2n) is 8.13. The van der Waals surface area contributed by atoms with E-state index in [2.05, 4.69) is 20.1 Å². The molecule has 1 aliphatic rings. The Bertz CT molecular complexity index is 613. The van der Waals surface area contributed by atoms with Gasteiger partial charge in [-0.1, -0.05) is 49.5 Å². The van der Waals surface area contributed by atoms with Crippen molar-refractivity contribution in [3.63, 3.8) is 0 Å². The summed E-state index contributed by atoms with van der Waals surface area (Å²) in [4.78, 5) is 10.9. The van der Waals surface area contributed by atoms with E-state index in [0.29, 0.717) is 12.3 Å². The Balaban J connectivity index is 2.49. The minimum absolute atomic E-state index is 0.00959. The van der Waals surface area contributed by atoms with E-state index < -0.39 is 18.2 Å². The number of hydrogen-bond donors (Lipinski definition) is 3. The highest BCUT2D eigenvalue weighted by molar-refractivity contribution is 5.67. The molecule has 0 saturated carbocycles. The Labute approximate surface area is 185 Å². The van der Waals surface area contributed by atoms with Crippen molar-refractivity contribution in [2.75, 3.05) is 13.9 Å². The van der Waals surface area contributed by atoms with Crippen LogP contribution in [0.3, 0.4) is 0 Å². The Morgan fingerprint density at radius 3 is 2.74 bits per heavy atom. The Kier molecular flexibility index (Phi) is 13.3. The number of carboxylic acids is 1. The van der Waals surface area contributed by atoms with E-state index in [-0.39, 0.29) is 37.9 Å². The van der Waals surface area contributed by atoms with Crippen LogP contribution in [0.2, 0.25) is 0 Å². The molecule has 0 amide bonds. The molecule has 0 aliphatic carbocycles. The maximum Gasteiger partial charge on any atom is 0.306 e. The number of hydrogen-bond acceptors (Lipinski definition) is 6. The number of aliphatic carboxylic acids is 1. The lowest BCUT2D eigenvalue weighted by Crippen LogP contribution is -2.27. The molecule has 1 rings (SSSR count). The predicted octanol–water partition coefficient (Wildman–Crippen LogP) is 3.38. The number of ether oxygens (including phenoxy) is 3. The molecule has 0 bridgehead atoms. The molecule has 0 aromatic carbocycles. The number of carbonyl (C=O) groups is 1. The van der Waals surface area contributed by atoms with E-state index in [1.807, 2.05) is 18.2 Å². The number of carboxylic acid groups (broad SMARTS) is 1. The van der Waals surface area contributed by atoms with Crippen LogP contribution >= 0.6 is 0 Å². The molecule has 0 spiro atoms. The van der Waals surface area contributed by atoms with Crippen molar-refractivity contribution < 1.29 is 34.3 Å². The van der Waals surface area contributed by atoms with Crippen LogP contribution in [-0.4, -0.2) is 65.7 Å². The highest BCUT2D eigenvalue weighted by atomic mass is 16.7. The van der Waals surface area contributed by atoms with Crippen molar-refractivity contribution in [3.05, 3.63) is 49.1 Å². The highest BCUT2D eigenvalue weighted by Crippen LogP contribution is 2.26. The first-order valence-electron chi connectivity index (χ1n) is 10.7. The van der Waals surface area contributed by atoms with Gasteiger partial charge in [-0.2, -0.15) is 0 Å². The first-order valence-corrected chi connectivity index (χ1v) is 10.7. The molecular weight excluding hydrogens is 400 g/mol. The number of methoxy groups -OCH3 is 1. The van der Waals surface area contributed by atoms with Crippen molar-refractivity contribution in [2.24, 2.45) is 5.92 Å². The molecule has 7 nitrogen and oxygen atoms in total. The molecule has 0 aromatic heterocycles. The summed E-state index contributed by atoms with van der Waals surface area (Å²) in [6.45, 7) is 9.92. The van der Waals surface area contributed by atoms with Gasteiger partial charge in [0.15, 0.2) is 0 Å². The van der Waals surface area contributed by atoms with E-state index in [0.717, 1.165) is 24.8 Å². The van der Waals surface area contributed by atoms with Crippen molar-refractivity contribution >= 4 is 5.97 Å². The van der Waals surface area contributed by atoms with E-state index in [1.165, 1.54) is 6.08 Å². The van der Waals surface area contributed by atoms with E-state index in [9.17, 15) is 15.0 Å². The Hall–Kier alpha value is -1.77. The topological polar surface area (TPSA) is 105 Å². The second-order valence-corrected chi connectivity index (χ2v) is 8.13. The van der Waals surface area contributed by atoms with Gasteiger partial charge in [0, 0.05) is 7.11 Å². The third kappa shape index (κ3) is 12.0. The lowest BCUT2D eigenvalue weighted by molar-refractivity contribution is -0.140. The van der Waals surface area contributed by atoms with Gasteiger partial charge < -0.3 is 29.5 Å². The summed E-state index contributed by atoms with van der Waals surface area (Å²) in [5, 5.41) is 28.3. The molecule has 1 aliphatic heterocycles. The van der Waals surface area contributed by atoms with Crippen molar-refractivity contribution in [1.82, 2.24) is 0 Å². The summed E-state index contributed by atoms with van der Waals surface area (Å²) in [6, 6.07) is 0. The zero-order valence-electron chi connectivity index (χ0n) is 18.7. The third-order valence-corrected chi connectivity index (χ3v) is 5.05. The van der Waals surface area contributed by atoms with Crippen LogP contribution in [0.5, 0.6) is 0 Å². The van der Waals surface area contributed by atoms with Gasteiger partial charge in [-0.15, -0.1) is 6.58 Å². The smallest absolute Gasteiger partial charge is 0.306 e. The molecule has 6 atom stereocenters. The standard InChI is InChI=1S/C24H38O7/c1-5-22(25)23(26)11-7-8-19(30-16-29-4)13-17(2)12-18(3)14-20-9-6-10-21(31-20)15-24(27)28/h5-8,10,18-23,25-26H,1-2,9,11-16H2,3-4H3,(H,27,28)/b8-7+/t18?,19?,20-,21?,22?,23?/m0/s1. The van der Waals surface area contributed by atoms with Crippen LogP contribution in [0.1, 0.15) is 45.4 Å². The lowest BCUT2D eigenvalue weighted by atomic mass is 9.91. The first kappa shape index (κ1) is 27.3. The fraction of sp³-hybridized carbons (Fsp3) is 0.625. The molecule has 176 valence electrons. The van der Waals surface area contributed by atoms with Gasteiger partial charge in [-0.3, -0.25) is 4.79 Å². The zero-order chi connectivity index (χ0) is 23.2. The quantitative estimate of drug-likeness (QED) is 0.251. The van der Waals surface area contributed by atoms with Crippen LogP contribution < -0.4 is 0 Å². The molecule has 31 heavy (non-hydrogen) atoms. The maximum atomic E-state index is 10.9. The van der Waals surface area contributed by atoms with Crippen molar-refractivity contribution in [1.29, 1.82) is 0 Å². The van der Waals surface area contributed by atoms with Crippen molar-refractivity contribution in [2.45, 2.75) is 76.0 Å². The maximum absolute atomic E-state index is 10.9. The fourth-order valence-electron chi connectivity index (χ4n) is 3.57. The highest BCUT2D eigenvalue weighted by Gasteiger charge is 2.22. The number of aliphatic hydroxyl groups excluding tert-OH is 2. The molecule has 5 unspecified atom stereocenters. The Morgan fingerprint density at radius 2 is 2.10 bits per heavy atom. The molecule has 0 aromatic rings. The van der Waals surface area contributed by atoms with Gasteiger partial charge in [0.05, 0.1) is 36.9 Å². The van der Waals surface area contributed by atoms with Gasteiger partial charge in [-0.05, 0) is 38.0 Å². The molecule has 1 heterocycles. The van der Waals surface area contributed by atoms with Crippen LogP contribution in [0.25, 0.3) is 0 Å². The summed E-state index contributed by atoms with van der Waals surface area (Å²) < 4.78 is 16.6. The molecule has 7 heteroatoms. The minimum atomic E-state index is -0.967. The second kappa shape index (κ2) is 15.1. The van der Waals surface area contributed by atoms with Crippen LogP contribution in [-0.2, 0) is 19.0 Å². The molecule has 3 N–H and O–H groups in total. The third-order valence-electron chi connectivity index (χ3n) is 5.05. The van der Waals surface area contributed by atoms with E-state index >= 15 is 0 Å². The van der Waals surface area contributed by atoms with Gasteiger partial charge in [-0.25, -0.2) is 0 Å². The predicted molar refractivity (Wildman–Crippen MR) is 120 cm³/mol. The van der Waals surface area contributed by atoms with E-state index in [1.54, 1.807) is 13.2 Å². The van der Waals surface area contributed by atoms with Gasteiger partial charge in [0.1, 0.15) is 6.79 Å². The fourth-order valence-corrected chi connectivity index (χ4v) is 3.57. The molecule has 0 fully saturated rings. The first-order chi connectivity index (χ1) is 14.7. The average Bonchev–Trinajstić information content (AvgIpc) is 2.70. The summed E-state index contributed by atoms with van der Waals surface area (Å²) in [5.41, 5.74) is 1.03. The monoisotopic (exact) mass is 438 g/mol. The lowest BCUT2D eigenvalue weighted by Gasteiger charge is -2.28. The largest absolute Gasteiger partial charge is 0.481 e. The van der Waals surface area contributed by atoms with Gasteiger partial charge >= 0.3 is 5.97 Å². The van der Waals surface area contributed by atoms with Gasteiger partial charge in [0.25, 0.3) is 0 Å². The SMILES string of the molecule is C=CC(O)C(O)C/C=C/C(CC(=C)CC(C)C[C@@H]1CC=CC(CC(=O)O)O1)OCOC. The average molecular weight is 439 g/mol. The summed E-state index contributed by atoms with van der Waals surface area (Å²) >= 11 is 0.